The van der Waals surface area contributed by atoms with Crippen LogP contribution in [-0.4, -0.2) is 48.9 Å². The average Bonchev–Trinajstić information content (AvgIpc) is 2.69. The largest absolute Gasteiger partial charge is 0.336 e. The summed E-state index contributed by atoms with van der Waals surface area (Å²) in [5.41, 5.74) is 2.65. The highest BCUT2D eigenvalue weighted by Crippen LogP contribution is 2.10. The molecular weight excluding hydrogens is 308 g/mol. The molecule has 3 nitrogen and oxygen atoms in total. The normalized spacial score (nSPS) is 14.0. The molecule has 0 bridgehead atoms. The smallest absolute Gasteiger partial charge is 0.253 e. The van der Waals surface area contributed by atoms with E-state index in [2.05, 4.69) is 23.8 Å². The zero-order valence-electron chi connectivity index (χ0n) is 15.3. The van der Waals surface area contributed by atoms with E-state index in [0.717, 1.165) is 42.9 Å². The molecular formula is C22H26N2O. The molecule has 2 aromatic rings. The minimum atomic E-state index is 0.112. The summed E-state index contributed by atoms with van der Waals surface area (Å²) in [6, 6.07) is 17.5. The maximum absolute atomic E-state index is 12.5. The van der Waals surface area contributed by atoms with Crippen molar-refractivity contribution >= 4 is 5.91 Å². The Bertz CT molecular complexity index is 718. The molecule has 25 heavy (non-hydrogen) atoms. The number of rotatable bonds is 1. The lowest BCUT2D eigenvalue weighted by Crippen LogP contribution is -2.47. The van der Waals surface area contributed by atoms with Crippen molar-refractivity contribution in [1.82, 2.24) is 9.80 Å². The predicted octanol–water partition coefficient (Wildman–Crippen LogP) is 3.50. The summed E-state index contributed by atoms with van der Waals surface area (Å²) < 4.78 is 0. The molecule has 1 saturated heterocycles. The van der Waals surface area contributed by atoms with Gasteiger partial charge < -0.3 is 9.80 Å². The monoisotopic (exact) mass is 334 g/mol. The first-order valence-electron chi connectivity index (χ1n) is 8.87. The molecule has 3 rings (SSSR count). The van der Waals surface area contributed by atoms with Crippen LogP contribution in [0.5, 0.6) is 0 Å². The van der Waals surface area contributed by atoms with E-state index in [0.29, 0.717) is 0 Å². The van der Waals surface area contributed by atoms with Gasteiger partial charge in [0.05, 0.1) is 0 Å². The Morgan fingerprint density at radius 1 is 0.800 bits per heavy atom. The van der Waals surface area contributed by atoms with Gasteiger partial charge in [0.15, 0.2) is 0 Å². The second-order valence-electron chi connectivity index (χ2n) is 5.79. The van der Waals surface area contributed by atoms with E-state index < -0.39 is 0 Å². The van der Waals surface area contributed by atoms with E-state index in [-0.39, 0.29) is 5.91 Å². The van der Waals surface area contributed by atoms with Gasteiger partial charge in [-0.1, -0.05) is 43.9 Å². The third-order valence-corrected chi connectivity index (χ3v) is 4.05. The maximum atomic E-state index is 12.5. The van der Waals surface area contributed by atoms with E-state index in [1.807, 2.05) is 73.3 Å². The van der Waals surface area contributed by atoms with Gasteiger partial charge in [-0.3, -0.25) is 4.79 Å². The zero-order valence-corrected chi connectivity index (χ0v) is 15.3. The number of carbonyl (C=O) groups is 1. The van der Waals surface area contributed by atoms with Gasteiger partial charge in [-0.15, -0.1) is 0 Å². The Morgan fingerprint density at radius 2 is 1.32 bits per heavy atom. The van der Waals surface area contributed by atoms with Crippen LogP contribution in [0.15, 0.2) is 54.6 Å². The highest BCUT2D eigenvalue weighted by Gasteiger charge is 2.19. The topological polar surface area (TPSA) is 23.6 Å². The summed E-state index contributed by atoms with van der Waals surface area (Å²) in [5, 5.41) is 0. The van der Waals surface area contributed by atoms with Crippen LogP contribution in [0.2, 0.25) is 0 Å². The van der Waals surface area contributed by atoms with Gasteiger partial charge in [0.25, 0.3) is 5.91 Å². The molecule has 0 aromatic heterocycles. The summed E-state index contributed by atoms with van der Waals surface area (Å²) in [4.78, 5) is 16.6. The van der Waals surface area contributed by atoms with Crippen LogP contribution in [-0.2, 0) is 0 Å². The summed E-state index contributed by atoms with van der Waals surface area (Å²) in [6.07, 6.45) is 0. The minimum absolute atomic E-state index is 0.112. The maximum Gasteiger partial charge on any atom is 0.253 e. The molecule has 0 spiro atoms. The SMILES string of the molecule is CC.CN1CCN(C(=O)c2ccc(C#Cc3ccccc3)cc2)CC1. The zero-order chi connectivity index (χ0) is 18.1. The van der Waals surface area contributed by atoms with Gasteiger partial charge in [0.2, 0.25) is 0 Å². The van der Waals surface area contributed by atoms with Crippen LogP contribution in [0.1, 0.15) is 35.3 Å². The molecule has 0 atom stereocenters. The molecule has 130 valence electrons. The van der Waals surface area contributed by atoms with E-state index in [1.165, 1.54) is 0 Å². The van der Waals surface area contributed by atoms with Crippen molar-refractivity contribution in [3.63, 3.8) is 0 Å². The van der Waals surface area contributed by atoms with Crippen molar-refractivity contribution in [3.05, 3.63) is 71.3 Å². The molecule has 1 amide bonds. The quantitative estimate of drug-likeness (QED) is 0.745. The minimum Gasteiger partial charge on any atom is -0.336 e. The molecule has 0 aliphatic carbocycles. The molecule has 1 fully saturated rings. The number of nitrogens with zero attached hydrogens (tertiary/aromatic N) is 2. The molecule has 0 radical (unpaired) electrons. The number of amides is 1. The lowest BCUT2D eigenvalue weighted by atomic mass is 10.1. The van der Waals surface area contributed by atoms with Gasteiger partial charge in [-0.05, 0) is 43.4 Å². The summed E-state index contributed by atoms with van der Waals surface area (Å²) in [5.74, 6) is 6.37. The fraction of sp³-hybridized carbons (Fsp3) is 0.318. The fourth-order valence-corrected chi connectivity index (χ4v) is 2.55. The van der Waals surface area contributed by atoms with E-state index in [4.69, 9.17) is 0 Å². The Labute approximate surface area is 151 Å². The lowest BCUT2D eigenvalue weighted by molar-refractivity contribution is 0.0664. The Balaban J connectivity index is 0.00000109. The third kappa shape index (κ3) is 5.48. The molecule has 0 unspecified atom stereocenters. The van der Waals surface area contributed by atoms with Crippen LogP contribution in [0.4, 0.5) is 0 Å². The molecule has 0 saturated carbocycles. The highest BCUT2D eigenvalue weighted by molar-refractivity contribution is 5.94. The molecule has 1 heterocycles. The first-order chi connectivity index (χ1) is 12.2. The van der Waals surface area contributed by atoms with Crippen LogP contribution in [0.25, 0.3) is 0 Å². The average molecular weight is 334 g/mol. The van der Waals surface area contributed by atoms with Crippen molar-refractivity contribution in [3.8, 4) is 11.8 Å². The van der Waals surface area contributed by atoms with Crippen LogP contribution in [0, 0.1) is 11.8 Å². The van der Waals surface area contributed by atoms with Crippen molar-refractivity contribution in [2.24, 2.45) is 0 Å². The molecule has 1 aliphatic heterocycles. The number of likely N-dealkylation sites (N-methyl/N-ethyl adjacent to an activating group) is 1. The molecule has 3 heteroatoms. The van der Waals surface area contributed by atoms with Gasteiger partial charge in [0, 0.05) is 42.9 Å². The number of benzene rings is 2. The number of hydrogen-bond donors (Lipinski definition) is 0. The van der Waals surface area contributed by atoms with E-state index >= 15 is 0 Å². The number of carbonyl (C=O) groups excluding carboxylic acids is 1. The highest BCUT2D eigenvalue weighted by atomic mass is 16.2. The van der Waals surface area contributed by atoms with Gasteiger partial charge in [-0.2, -0.15) is 0 Å². The van der Waals surface area contributed by atoms with Crippen molar-refractivity contribution in [2.45, 2.75) is 13.8 Å². The first-order valence-corrected chi connectivity index (χ1v) is 8.87. The van der Waals surface area contributed by atoms with Crippen LogP contribution in [0.3, 0.4) is 0 Å². The third-order valence-electron chi connectivity index (χ3n) is 4.05. The van der Waals surface area contributed by atoms with Gasteiger partial charge >= 0.3 is 0 Å². The molecule has 1 aliphatic rings. The summed E-state index contributed by atoms with van der Waals surface area (Å²) >= 11 is 0. The predicted molar refractivity (Wildman–Crippen MR) is 104 cm³/mol. The Kier molecular flexibility index (Phi) is 7.25. The second-order valence-corrected chi connectivity index (χ2v) is 5.79. The second kappa shape index (κ2) is 9.66. The van der Waals surface area contributed by atoms with Crippen molar-refractivity contribution < 1.29 is 4.79 Å². The number of hydrogen-bond acceptors (Lipinski definition) is 2. The van der Waals surface area contributed by atoms with Gasteiger partial charge in [0.1, 0.15) is 0 Å². The van der Waals surface area contributed by atoms with Gasteiger partial charge in [-0.25, -0.2) is 0 Å². The van der Waals surface area contributed by atoms with E-state index in [9.17, 15) is 4.79 Å². The van der Waals surface area contributed by atoms with Crippen LogP contribution >= 0.6 is 0 Å². The first kappa shape index (κ1) is 18.8. The summed E-state index contributed by atoms with van der Waals surface area (Å²) in [7, 11) is 2.09. The number of piperazine rings is 1. The van der Waals surface area contributed by atoms with E-state index in [1.54, 1.807) is 0 Å². The van der Waals surface area contributed by atoms with Crippen molar-refractivity contribution in [2.75, 3.05) is 33.2 Å². The summed E-state index contributed by atoms with van der Waals surface area (Å²) in [6.45, 7) is 7.47. The molecule has 0 N–H and O–H groups in total. The van der Waals surface area contributed by atoms with Crippen molar-refractivity contribution in [1.29, 1.82) is 0 Å². The molecule has 2 aromatic carbocycles. The van der Waals surface area contributed by atoms with Crippen LogP contribution < -0.4 is 0 Å². The lowest BCUT2D eigenvalue weighted by Gasteiger charge is -2.32. The Morgan fingerprint density at radius 3 is 1.88 bits per heavy atom. The Hall–Kier alpha value is -2.57. The standard InChI is InChI=1S/C20H20N2O.C2H6/c1-21-13-15-22(16-14-21)20(23)19-11-9-18(10-12-19)8-7-17-5-3-2-4-6-17;1-2/h2-6,9-12H,13-16H2,1H3;1-2H3. The fourth-order valence-electron chi connectivity index (χ4n) is 2.55.